The van der Waals surface area contributed by atoms with Gasteiger partial charge in [0.15, 0.2) is 0 Å². The number of nitrogens with zero attached hydrogens (tertiary/aromatic N) is 2. The van der Waals surface area contributed by atoms with Crippen LogP contribution in [0.4, 0.5) is 0 Å². The van der Waals surface area contributed by atoms with Gasteiger partial charge in [0, 0.05) is 28.2 Å². The molecule has 2 aromatic heterocycles. The Balaban J connectivity index is 0.000000210. The molecule has 0 saturated heterocycles. The highest BCUT2D eigenvalue weighted by Gasteiger charge is 2.18. The molecular weight excluding hydrogens is 520 g/mol. The van der Waals surface area contributed by atoms with Gasteiger partial charge < -0.3 is 9.29 Å². The summed E-state index contributed by atoms with van der Waals surface area (Å²) >= 11 is 0. The molecule has 0 aliphatic rings. The number of hydrogen-bond acceptors (Lipinski definition) is 5. The SMILES string of the molecule is CCOc1ccc(-c2n[n+]3ccccc3c3ccc4ccccc4c23)cc1.Cc1cc(C)c(S(=O)(=O)[O-])c(C)c1. The van der Waals surface area contributed by atoms with Crippen LogP contribution in [0.15, 0.2) is 102 Å². The second kappa shape index (κ2) is 11.0. The van der Waals surface area contributed by atoms with E-state index in [1.54, 1.807) is 26.0 Å². The molecule has 7 heteroatoms. The number of aromatic nitrogens is 2. The summed E-state index contributed by atoms with van der Waals surface area (Å²) in [7, 11) is -4.33. The first-order valence-electron chi connectivity index (χ1n) is 13.1. The van der Waals surface area contributed by atoms with Crippen LogP contribution in [0.3, 0.4) is 0 Å². The Morgan fingerprint density at radius 2 is 1.50 bits per heavy atom. The average molecular weight is 551 g/mol. The van der Waals surface area contributed by atoms with Crippen molar-refractivity contribution in [3.05, 3.63) is 114 Å². The number of pyridine rings is 1. The predicted octanol–water partition coefficient (Wildman–Crippen LogP) is 6.71. The highest BCUT2D eigenvalue weighted by atomic mass is 32.2. The summed E-state index contributed by atoms with van der Waals surface area (Å²) in [6.45, 7) is 7.78. The van der Waals surface area contributed by atoms with Gasteiger partial charge in [-0.05, 0) is 86.0 Å². The van der Waals surface area contributed by atoms with Crippen LogP contribution < -0.4 is 9.25 Å². The van der Waals surface area contributed by atoms with Crippen molar-refractivity contribution >= 4 is 37.2 Å². The molecule has 0 saturated carbocycles. The van der Waals surface area contributed by atoms with Gasteiger partial charge in [0.1, 0.15) is 21.6 Å². The normalized spacial score (nSPS) is 11.4. The molecular formula is C33H30N2O4S. The van der Waals surface area contributed by atoms with E-state index < -0.39 is 10.1 Å². The van der Waals surface area contributed by atoms with Crippen molar-refractivity contribution in [2.75, 3.05) is 6.61 Å². The summed E-state index contributed by atoms with van der Waals surface area (Å²) in [4.78, 5) is -0.0851. The lowest BCUT2D eigenvalue weighted by Crippen LogP contribution is -2.26. The van der Waals surface area contributed by atoms with Crippen LogP contribution in [0.25, 0.3) is 38.3 Å². The van der Waals surface area contributed by atoms with E-state index in [0.717, 1.165) is 28.1 Å². The van der Waals surface area contributed by atoms with Crippen molar-refractivity contribution in [2.45, 2.75) is 32.6 Å². The van der Waals surface area contributed by atoms with Gasteiger partial charge in [0.25, 0.3) is 0 Å². The van der Waals surface area contributed by atoms with Gasteiger partial charge in [-0.1, -0.05) is 52.5 Å². The third-order valence-corrected chi connectivity index (χ3v) is 7.93. The molecule has 40 heavy (non-hydrogen) atoms. The molecule has 4 aromatic carbocycles. The van der Waals surface area contributed by atoms with Gasteiger partial charge in [-0.3, -0.25) is 0 Å². The second-order valence-corrected chi connectivity index (χ2v) is 11.0. The number of benzene rings is 4. The maximum absolute atomic E-state index is 10.8. The summed E-state index contributed by atoms with van der Waals surface area (Å²) in [5.41, 5.74) is 5.17. The Morgan fingerprint density at radius 3 is 2.17 bits per heavy atom. The highest BCUT2D eigenvalue weighted by Crippen LogP contribution is 2.34. The molecule has 0 aliphatic heterocycles. The van der Waals surface area contributed by atoms with Crippen molar-refractivity contribution in [1.29, 1.82) is 0 Å². The molecule has 0 amide bonds. The van der Waals surface area contributed by atoms with E-state index in [2.05, 4.69) is 60.7 Å². The Kier molecular flexibility index (Phi) is 7.52. The molecule has 0 fully saturated rings. The summed E-state index contributed by atoms with van der Waals surface area (Å²) in [5, 5.41) is 9.80. The van der Waals surface area contributed by atoms with Gasteiger partial charge in [0.2, 0.25) is 11.7 Å². The predicted molar refractivity (Wildman–Crippen MR) is 158 cm³/mol. The zero-order chi connectivity index (χ0) is 28.4. The molecule has 0 unspecified atom stereocenters. The Morgan fingerprint density at radius 1 is 0.825 bits per heavy atom. The van der Waals surface area contributed by atoms with E-state index in [1.165, 1.54) is 21.5 Å². The number of rotatable bonds is 4. The summed E-state index contributed by atoms with van der Waals surface area (Å²) in [6, 6.07) is 30.6. The number of ether oxygens (including phenoxy) is 1. The minimum Gasteiger partial charge on any atom is -0.744 e. The third-order valence-electron chi connectivity index (χ3n) is 6.78. The minimum atomic E-state index is -4.33. The number of hydrogen-bond donors (Lipinski definition) is 0. The van der Waals surface area contributed by atoms with E-state index in [-0.39, 0.29) is 4.90 Å². The Bertz CT molecular complexity index is 1940. The summed E-state index contributed by atoms with van der Waals surface area (Å²) in [5.74, 6) is 0.879. The Hall–Kier alpha value is -4.33. The van der Waals surface area contributed by atoms with E-state index in [1.807, 2.05) is 42.8 Å². The molecule has 202 valence electrons. The second-order valence-electron chi connectivity index (χ2n) is 9.73. The van der Waals surface area contributed by atoms with E-state index >= 15 is 0 Å². The van der Waals surface area contributed by atoms with Gasteiger partial charge in [-0.25, -0.2) is 8.42 Å². The van der Waals surface area contributed by atoms with Crippen molar-refractivity contribution in [3.8, 4) is 17.0 Å². The summed E-state index contributed by atoms with van der Waals surface area (Å²) in [6.07, 6.45) is 2.00. The van der Waals surface area contributed by atoms with Crippen LogP contribution in [0.1, 0.15) is 23.6 Å². The topological polar surface area (TPSA) is 83.4 Å². The van der Waals surface area contributed by atoms with Crippen molar-refractivity contribution in [2.24, 2.45) is 0 Å². The lowest BCUT2D eigenvalue weighted by molar-refractivity contribution is -0.578. The molecule has 2 heterocycles. The van der Waals surface area contributed by atoms with Crippen molar-refractivity contribution in [1.82, 2.24) is 5.10 Å². The van der Waals surface area contributed by atoms with Crippen LogP contribution in [-0.2, 0) is 10.1 Å². The zero-order valence-electron chi connectivity index (χ0n) is 22.9. The maximum Gasteiger partial charge on any atom is 0.245 e. The molecule has 0 atom stereocenters. The fourth-order valence-electron chi connectivity index (χ4n) is 5.27. The van der Waals surface area contributed by atoms with Gasteiger partial charge in [-0.2, -0.15) is 0 Å². The standard InChI is InChI=1S/C24H19N2O.C9H12O3S/c1-2-27-19-13-10-18(11-14-19)24-23-20-8-4-3-7-17(20)12-15-21(23)22-9-5-6-16-26(22)25-24;1-6-4-7(2)9(8(3)5-6)13(10,11)12/h3-16H,2H2,1H3;4-5H,1-3H3,(H,10,11,12)/q+1;/p-1. The fraction of sp³-hybridized carbons (Fsp3) is 0.152. The minimum absolute atomic E-state index is 0.0851. The van der Waals surface area contributed by atoms with Gasteiger partial charge >= 0.3 is 0 Å². The number of aryl methyl sites for hydroxylation is 3. The van der Waals surface area contributed by atoms with Crippen LogP contribution in [-0.4, -0.2) is 24.7 Å². The van der Waals surface area contributed by atoms with Crippen LogP contribution in [0.2, 0.25) is 0 Å². The van der Waals surface area contributed by atoms with Gasteiger partial charge in [-0.15, -0.1) is 0 Å². The van der Waals surface area contributed by atoms with Crippen LogP contribution in [0, 0.1) is 20.8 Å². The van der Waals surface area contributed by atoms with E-state index in [4.69, 9.17) is 9.84 Å². The van der Waals surface area contributed by atoms with Crippen molar-refractivity contribution < 1.29 is 22.2 Å². The molecule has 6 aromatic rings. The molecule has 6 rings (SSSR count). The van der Waals surface area contributed by atoms with Gasteiger partial charge in [0.05, 0.1) is 16.9 Å². The number of fused-ring (bicyclic) bond motifs is 5. The van der Waals surface area contributed by atoms with Crippen LogP contribution >= 0.6 is 0 Å². The molecule has 0 radical (unpaired) electrons. The highest BCUT2D eigenvalue weighted by molar-refractivity contribution is 7.85. The lowest BCUT2D eigenvalue weighted by Gasteiger charge is -2.14. The first kappa shape index (κ1) is 27.2. The largest absolute Gasteiger partial charge is 0.744 e. The molecule has 6 nitrogen and oxygen atoms in total. The fourth-order valence-corrected chi connectivity index (χ4v) is 6.18. The molecule has 0 N–H and O–H groups in total. The van der Waals surface area contributed by atoms with E-state index in [9.17, 15) is 13.0 Å². The summed E-state index contributed by atoms with van der Waals surface area (Å²) < 4.78 is 40.1. The average Bonchev–Trinajstić information content (AvgIpc) is 2.92. The molecule has 0 aliphatic carbocycles. The molecule has 0 bridgehead atoms. The van der Waals surface area contributed by atoms with Crippen LogP contribution in [0.5, 0.6) is 5.75 Å². The first-order chi connectivity index (χ1) is 19.2. The van der Waals surface area contributed by atoms with Crippen molar-refractivity contribution in [3.63, 3.8) is 0 Å². The smallest absolute Gasteiger partial charge is 0.245 e. The lowest BCUT2D eigenvalue weighted by atomic mass is 9.97. The van der Waals surface area contributed by atoms with E-state index in [0.29, 0.717) is 17.7 Å². The molecule has 0 spiro atoms. The zero-order valence-corrected chi connectivity index (χ0v) is 23.7. The first-order valence-corrected chi connectivity index (χ1v) is 14.5. The third kappa shape index (κ3) is 5.39. The monoisotopic (exact) mass is 550 g/mol. The Labute approximate surface area is 234 Å². The maximum atomic E-state index is 10.8. The quantitative estimate of drug-likeness (QED) is 0.138.